The van der Waals surface area contributed by atoms with Crippen LogP contribution in [0.2, 0.25) is 5.02 Å². The van der Waals surface area contributed by atoms with Crippen LogP contribution >= 0.6 is 11.6 Å². The number of imide groups is 1. The van der Waals surface area contributed by atoms with E-state index in [9.17, 15) is 9.59 Å². The van der Waals surface area contributed by atoms with E-state index in [-0.39, 0.29) is 12.6 Å². The van der Waals surface area contributed by atoms with Crippen LogP contribution in [0.4, 0.5) is 4.79 Å². The van der Waals surface area contributed by atoms with E-state index in [1.165, 1.54) is 0 Å². The zero-order valence-corrected chi connectivity index (χ0v) is 10.5. The maximum atomic E-state index is 11.1. The van der Waals surface area contributed by atoms with E-state index in [1.807, 2.05) is 12.2 Å². The molecule has 0 aliphatic rings. The van der Waals surface area contributed by atoms with Gasteiger partial charge in [0, 0.05) is 6.04 Å². The highest BCUT2D eigenvalue weighted by molar-refractivity contribution is 6.32. The molecule has 0 aromatic heterocycles. The fraction of sp³-hybridized carbons (Fsp3) is 0.273. The Labute approximate surface area is 109 Å². The third kappa shape index (κ3) is 4.23. The van der Waals surface area contributed by atoms with Crippen LogP contribution in [-0.4, -0.2) is 18.5 Å². The third-order valence-electron chi connectivity index (χ3n) is 2.10. The Balaban J connectivity index is 2.63. The highest BCUT2D eigenvalue weighted by Crippen LogP contribution is 2.27. The molecular weight excluding hydrogens is 258 g/mol. The summed E-state index contributed by atoms with van der Waals surface area (Å²) in [5.41, 5.74) is 11.3. The van der Waals surface area contributed by atoms with Crippen molar-refractivity contribution < 1.29 is 14.3 Å². The Bertz CT molecular complexity index is 463. The first-order chi connectivity index (χ1) is 8.40. The molecule has 0 fully saturated rings. The number of carbonyl (C=O) groups is 2. The number of nitrogens with one attached hydrogen (secondary N) is 1. The van der Waals surface area contributed by atoms with Gasteiger partial charge in [0.1, 0.15) is 5.75 Å². The van der Waals surface area contributed by atoms with Gasteiger partial charge in [0.2, 0.25) is 0 Å². The number of ether oxygens (including phenoxy) is 1. The molecule has 3 amide bonds. The second-order valence-electron chi connectivity index (χ2n) is 3.68. The third-order valence-corrected chi connectivity index (χ3v) is 2.40. The SMILES string of the molecule is CC(N)c1ccc(OCC(=O)NC(N)=O)c(Cl)c1. The lowest BCUT2D eigenvalue weighted by Gasteiger charge is -2.10. The number of primary amides is 1. The van der Waals surface area contributed by atoms with Crippen LogP contribution in [0.15, 0.2) is 18.2 Å². The summed E-state index contributed by atoms with van der Waals surface area (Å²) >= 11 is 5.96. The number of amides is 3. The molecule has 0 spiro atoms. The van der Waals surface area contributed by atoms with Gasteiger partial charge in [-0.1, -0.05) is 17.7 Å². The molecule has 18 heavy (non-hydrogen) atoms. The van der Waals surface area contributed by atoms with Gasteiger partial charge in [-0.25, -0.2) is 4.79 Å². The summed E-state index contributed by atoms with van der Waals surface area (Å²) in [4.78, 5) is 21.5. The fourth-order valence-electron chi connectivity index (χ4n) is 1.23. The molecule has 0 heterocycles. The van der Waals surface area contributed by atoms with Gasteiger partial charge in [0.15, 0.2) is 6.61 Å². The van der Waals surface area contributed by atoms with E-state index in [4.69, 9.17) is 27.8 Å². The molecule has 0 aliphatic carbocycles. The first-order valence-corrected chi connectivity index (χ1v) is 5.55. The molecule has 0 bridgehead atoms. The van der Waals surface area contributed by atoms with Gasteiger partial charge >= 0.3 is 6.03 Å². The van der Waals surface area contributed by atoms with E-state index in [1.54, 1.807) is 18.2 Å². The summed E-state index contributed by atoms with van der Waals surface area (Å²) in [6.07, 6.45) is 0. The van der Waals surface area contributed by atoms with E-state index in [0.29, 0.717) is 10.8 Å². The zero-order valence-electron chi connectivity index (χ0n) is 9.77. The van der Waals surface area contributed by atoms with Crippen LogP contribution in [0.3, 0.4) is 0 Å². The predicted octanol–water partition coefficient (Wildman–Crippen LogP) is 0.933. The predicted molar refractivity (Wildman–Crippen MR) is 67.3 cm³/mol. The van der Waals surface area contributed by atoms with Crippen LogP contribution in [0.5, 0.6) is 5.75 Å². The maximum absolute atomic E-state index is 11.1. The van der Waals surface area contributed by atoms with Gasteiger partial charge in [0.25, 0.3) is 5.91 Å². The summed E-state index contributed by atoms with van der Waals surface area (Å²) in [5.74, 6) is -0.310. The topological polar surface area (TPSA) is 107 Å². The maximum Gasteiger partial charge on any atom is 0.318 e. The normalized spacial score (nSPS) is 11.7. The van der Waals surface area contributed by atoms with Crippen LogP contribution in [0, 0.1) is 0 Å². The lowest BCUT2D eigenvalue weighted by Crippen LogP contribution is -2.38. The van der Waals surface area contributed by atoms with Crippen LogP contribution in [-0.2, 0) is 4.79 Å². The van der Waals surface area contributed by atoms with E-state index < -0.39 is 11.9 Å². The Kier molecular flexibility index (Phi) is 4.94. The molecule has 6 nitrogen and oxygen atoms in total. The van der Waals surface area contributed by atoms with Crippen LogP contribution in [0.1, 0.15) is 18.5 Å². The second-order valence-corrected chi connectivity index (χ2v) is 4.09. The zero-order chi connectivity index (χ0) is 13.7. The minimum atomic E-state index is -0.929. The van der Waals surface area contributed by atoms with Crippen molar-refractivity contribution in [3.8, 4) is 5.75 Å². The summed E-state index contributed by atoms with van der Waals surface area (Å²) in [7, 11) is 0. The molecule has 98 valence electrons. The lowest BCUT2D eigenvalue weighted by molar-refractivity contribution is -0.121. The van der Waals surface area contributed by atoms with Crippen molar-refractivity contribution in [2.75, 3.05) is 6.61 Å². The van der Waals surface area contributed by atoms with E-state index in [0.717, 1.165) is 5.56 Å². The number of carbonyl (C=O) groups excluding carboxylic acids is 2. The lowest BCUT2D eigenvalue weighted by atomic mass is 10.1. The summed E-state index contributed by atoms with van der Waals surface area (Å²) < 4.78 is 5.14. The molecule has 0 aliphatic heterocycles. The number of hydrogen-bond donors (Lipinski definition) is 3. The number of urea groups is 1. The van der Waals surface area contributed by atoms with Crippen molar-refractivity contribution in [3.63, 3.8) is 0 Å². The molecule has 7 heteroatoms. The van der Waals surface area contributed by atoms with Gasteiger partial charge in [-0.05, 0) is 24.6 Å². The van der Waals surface area contributed by atoms with Crippen molar-refractivity contribution in [1.29, 1.82) is 0 Å². The Morgan fingerprint density at radius 2 is 2.17 bits per heavy atom. The number of hydrogen-bond acceptors (Lipinski definition) is 4. The Hall–Kier alpha value is -1.79. The summed E-state index contributed by atoms with van der Waals surface area (Å²) in [6, 6.07) is 3.95. The standard InChI is InChI=1S/C11H14ClN3O3/c1-6(13)7-2-3-9(8(12)4-7)18-5-10(16)15-11(14)17/h2-4,6H,5,13H2,1H3,(H3,14,15,16,17). The van der Waals surface area contributed by atoms with Crippen molar-refractivity contribution in [1.82, 2.24) is 5.32 Å². The molecule has 1 rings (SSSR count). The van der Waals surface area contributed by atoms with Crippen LogP contribution < -0.4 is 21.5 Å². The number of benzene rings is 1. The van der Waals surface area contributed by atoms with Gasteiger partial charge < -0.3 is 16.2 Å². The van der Waals surface area contributed by atoms with Gasteiger partial charge in [-0.2, -0.15) is 0 Å². The molecule has 1 atom stereocenters. The average Bonchev–Trinajstić information content (AvgIpc) is 2.26. The number of halogens is 1. The fourth-order valence-corrected chi connectivity index (χ4v) is 1.48. The van der Waals surface area contributed by atoms with Gasteiger partial charge in [-0.15, -0.1) is 0 Å². The largest absolute Gasteiger partial charge is 0.482 e. The second kappa shape index (κ2) is 6.23. The minimum absolute atomic E-state index is 0.144. The number of rotatable bonds is 4. The van der Waals surface area contributed by atoms with Gasteiger partial charge in [0.05, 0.1) is 5.02 Å². The Morgan fingerprint density at radius 3 is 2.67 bits per heavy atom. The smallest absolute Gasteiger partial charge is 0.318 e. The summed E-state index contributed by atoms with van der Waals surface area (Å²) in [6.45, 7) is 1.48. The minimum Gasteiger partial charge on any atom is -0.482 e. The van der Waals surface area contributed by atoms with Crippen molar-refractivity contribution in [2.24, 2.45) is 11.5 Å². The molecule has 1 aromatic carbocycles. The Morgan fingerprint density at radius 1 is 1.50 bits per heavy atom. The molecule has 0 saturated heterocycles. The van der Waals surface area contributed by atoms with E-state index in [2.05, 4.69) is 0 Å². The average molecular weight is 272 g/mol. The first kappa shape index (κ1) is 14.3. The quantitative estimate of drug-likeness (QED) is 0.757. The number of nitrogens with two attached hydrogens (primary N) is 2. The molecule has 0 radical (unpaired) electrons. The highest BCUT2D eigenvalue weighted by Gasteiger charge is 2.09. The van der Waals surface area contributed by atoms with E-state index >= 15 is 0 Å². The molecule has 0 saturated carbocycles. The molecule has 5 N–H and O–H groups in total. The van der Waals surface area contributed by atoms with Crippen molar-refractivity contribution in [2.45, 2.75) is 13.0 Å². The van der Waals surface area contributed by atoms with Gasteiger partial charge in [-0.3, -0.25) is 10.1 Å². The molecule has 1 aromatic rings. The van der Waals surface area contributed by atoms with Crippen molar-refractivity contribution in [3.05, 3.63) is 28.8 Å². The molecule has 1 unspecified atom stereocenters. The highest BCUT2D eigenvalue weighted by atomic mass is 35.5. The monoisotopic (exact) mass is 271 g/mol. The summed E-state index contributed by atoms with van der Waals surface area (Å²) in [5, 5.41) is 2.22. The molecular formula is C11H14ClN3O3. The van der Waals surface area contributed by atoms with Crippen LogP contribution in [0.25, 0.3) is 0 Å². The first-order valence-electron chi connectivity index (χ1n) is 5.17. The van der Waals surface area contributed by atoms with Crippen molar-refractivity contribution >= 4 is 23.5 Å².